The Hall–Kier alpha value is -1.37. The van der Waals surface area contributed by atoms with Crippen LogP contribution >= 0.6 is 0 Å². The fourth-order valence-corrected chi connectivity index (χ4v) is 3.72. The molecule has 0 saturated carbocycles. The van der Waals surface area contributed by atoms with Crippen molar-refractivity contribution in [3.63, 3.8) is 0 Å². The lowest BCUT2D eigenvalue weighted by atomic mass is 10.0. The number of carbonyl (C=O) groups is 1. The molecule has 2 atom stereocenters. The Morgan fingerprint density at radius 3 is 2.78 bits per heavy atom. The average molecular weight is 321 g/mol. The zero-order chi connectivity index (χ0) is 16.2. The van der Waals surface area contributed by atoms with Gasteiger partial charge in [-0.2, -0.15) is 0 Å². The normalized spacial score (nSPS) is 26.7. The van der Waals surface area contributed by atoms with Gasteiger partial charge in [0.15, 0.2) is 5.76 Å². The van der Waals surface area contributed by atoms with E-state index in [0.29, 0.717) is 17.7 Å². The molecule has 6 heteroatoms. The molecule has 0 aliphatic carbocycles. The molecule has 0 radical (unpaired) electrons. The number of likely N-dealkylation sites (tertiary alicyclic amines) is 1. The van der Waals surface area contributed by atoms with Gasteiger partial charge in [0, 0.05) is 50.8 Å². The quantitative estimate of drug-likeness (QED) is 0.878. The second kappa shape index (κ2) is 7.47. The zero-order valence-corrected chi connectivity index (χ0v) is 14.0. The van der Waals surface area contributed by atoms with Crippen molar-refractivity contribution in [2.45, 2.75) is 24.9 Å². The molecule has 0 spiro atoms. The van der Waals surface area contributed by atoms with Crippen molar-refractivity contribution in [3.05, 3.63) is 24.2 Å². The van der Waals surface area contributed by atoms with Crippen molar-refractivity contribution >= 4 is 5.91 Å². The number of hydrogen-bond donors (Lipinski definition) is 1. The largest absolute Gasteiger partial charge is 0.459 e. The standard InChI is InChI=1S/C17H27N3O3/c1-19(2)10-13-11-20(14-5-8-22-9-6-14)12-15(13)18-17(21)16-4-3-7-23-16/h3-4,7,13-15H,5-6,8-12H2,1-2H3,(H,18,21)/t13-,15-/m1/s1. The monoisotopic (exact) mass is 321 g/mol. The van der Waals surface area contributed by atoms with Crippen LogP contribution in [-0.2, 0) is 4.74 Å². The fraction of sp³-hybridized carbons (Fsp3) is 0.706. The minimum atomic E-state index is -0.113. The molecular formula is C17H27N3O3. The Morgan fingerprint density at radius 1 is 1.35 bits per heavy atom. The second-order valence-electron chi connectivity index (χ2n) is 6.88. The number of ether oxygens (including phenoxy) is 1. The maximum atomic E-state index is 12.3. The Bertz CT molecular complexity index is 497. The number of nitrogens with one attached hydrogen (secondary N) is 1. The summed E-state index contributed by atoms with van der Waals surface area (Å²) in [6.45, 7) is 4.62. The van der Waals surface area contributed by atoms with E-state index in [-0.39, 0.29) is 11.9 Å². The molecule has 6 nitrogen and oxygen atoms in total. The molecule has 1 amide bonds. The summed E-state index contributed by atoms with van der Waals surface area (Å²) < 4.78 is 10.7. The van der Waals surface area contributed by atoms with E-state index in [1.54, 1.807) is 12.1 Å². The van der Waals surface area contributed by atoms with E-state index in [0.717, 1.165) is 45.7 Å². The highest BCUT2D eigenvalue weighted by molar-refractivity contribution is 5.91. The molecule has 0 bridgehead atoms. The van der Waals surface area contributed by atoms with E-state index < -0.39 is 0 Å². The van der Waals surface area contributed by atoms with Crippen molar-refractivity contribution in [1.82, 2.24) is 15.1 Å². The lowest BCUT2D eigenvalue weighted by molar-refractivity contribution is 0.0403. The van der Waals surface area contributed by atoms with Crippen LogP contribution < -0.4 is 5.32 Å². The summed E-state index contributed by atoms with van der Waals surface area (Å²) in [5, 5.41) is 3.17. The predicted octanol–water partition coefficient (Wildman–Crippen LogP) is 1.05. The van der Waals surface area contributed by atoms with Gasteiger partial charge in [-0.1, -0.05) is 0 Å². The van der Waals surface area contributed by atoms with E-state index in [1.165, 1.54) is 6.26 Å². The molecule has 3 rings (SSSR count). The second-order valence-corrected chi connectivity index (χ2v) is 6.88. The molecule has 3 heterocycles. The summed E-state index contributed by atoms with van der Waals surface area (Å²) in [6, 6.07) is 4.20. The summed E-state index contributed by atoms with van der Waals surface area (Å²) >= 11 is 0. The first kappa shape index (κ1) is 16.5. The van der Waals surface area contributed by atoms with Crippen LogP contribution in [0.3, 0.4) is 0 Å². The highest BCUT2D eigenvalue weighted by atomic mass is 16.5. The van der Waals surface area contributed by atoms with Gasteiger partial charge in [0.25, 0.3) is 5.91 Å². The van der Waals surface area contributed by atoms with Crippen molar-refractivity contribution < 1.29 is 13.9 Å². The minimum absolute atomic E-state index is 0.113. The third-order valence-electron chi connectivity index (χ3n) is 4.84. The van der Waals surface area contributed by atoms with Gasteiger partial charge in [-0.25, -0.2) is 0 Å². The lowest BCUT2D eigenvalue weighted by Gasteiger charge is -2.31. The van der Waals surface area contributed by atoms with Crippen LogP contribution in [-0.4, -0.2) is 74.7 Å². The molecule has 2 aliphatic heterocycles. The van der Waals surface area contributed by atoms with Crippen LogP contribution in [0.2, 0.25) is 0 Å². The first-order chi connectivity index (χ1) is 11.1. The van der Waals surface area contributed by atoms with Gasteiger partial charge in [0.2, 0.25) is 0 Å². The van der Waals surface area contributed by atoms with Crippen molar-refractivity contribution in [2.75, 3.05) is 46.9 Å². The molecule has 1 N–H and O–H groups in total. The van der Waals surface area contributed by atoms with Gasteiger partial charge in [0.05, 0.1) is 6.26 Å². The van der Waals surface area contributed by atoms with Crippen LogP contribution in [0.25, 0.3) is 0 Å². The Kier molecular flexibility index (Phi) is 5.35. The molecule has 2 aliphatic rings. The van der Waals surface area contributed by atoms with Gasteiger partial charge >= 0.3 is 0 Å². The first-order valence-electron chi connectivity index (χ1n) is 8.44. The van der Waals surface area contributed by atoms with Crippen molar-refractivity contribution in [2.24, 2.45) is 5.92 Å². The third-order valence-corrected chi connectivity index (χ3v) is 4.84. The summed E-state index contributed by atoms with van der Waals surface area (Å²) in [7, 11) is 4.17. The number of hydrogen-bond acceptors (Lipinski definition) is 5. The van der Waals surface area contributed by atoms with Crippen molar-refractivity contribution in [1.29, 1.82) is 0 Å². The molecular weight excluding hydrogens is 294 g/mol. The van der Waals surface area contributed by atoms with Gasteiger partial charge < -0.3 is 19.4 Å². The number of amides is 1. The SMILES string of the molecule is CN(C)C[C@@H]1CN(C2CCOCC2)C[C@H]1NC(=O)c1ccco1. The number of nitrogens with zero attached hydrogens (tertiary/aromatic N) is 2. The Labute approximate surface area is 137 Å². The molecule has 23 heavy (non-hydrogen) atoms. The molecule has 0 unspecified atom stereocenters. The van der Waals surface area contributed by atoms with Crippen LogP contribution in [0.15, 0.2) is 22.8 Å². The van der Waals surface area contributed by atoms with Gasteiger partial charge in [-0.15, -0.1) is 0 Å². The summed E-state index contributed by atoms with van der Waals surface area (Å²) in [5.74, 6) is 0.711. The third kappa shape index (κ3) is 4.13. The maximum absolute atomic E-state index is 12.3. The van der Waals surface area contributed by atoms with E-state index in [9.17, 15) is 4.79 Å². The Balaban J connectivity index is 1.64. The van der Waals surface area contributed by atoms with Gasteiger partial charge in [0.1, 0.15) is 0 Å². The van der Waals surface area contributed by atoms with E-state index in [1.807, 2.05) is 0 Å². The van der Waals surface area contributed by atoms with E-state index in [4.69, 9.17) is 9.15 Å². The lowest BCUT2D eigenvalue weighted by Crippen LogP contribution is -2.44. The molecule has 128 valence electrons. The number of rotatable bonds is 5. The highest BCUT2D eigenvalue weighted by Crippen LogP contribution is 2.25. The smallest absolute Gasteiger partial charge is 0.287 e. The first-order valence-corrected chi connectivity index (χ1v) is 8.44. The molecule has 0 aromatic carbocycles. The fourth-order valence-electron chi connectivity index (χ4n) is 3.72. The predicted molar refractivity (Wildman–Crippen MR) is 87.4 cm³/mol. The average Bonchev–Trinajstić information content (AvgIpc) is 3.18. The zero-order valence-electron chi connectivity index (χ0n) is 14.0. The molecule has 1 aromatic rings. The number of furan rings is 1. The van der Waals surface area contributed by atoms with Crippen LogP contribution in [0.1, 0.15) is 23.4 Å². The highest BCUT2D eigenvalue weighted by Gasteiger charge is 2.37. The molecule has 2 saturated heterocycles. The van der Waals surface area contributed by atoms with E-state index in [2.05, 4.69) is 29.2 Å². The number of carbonyl (C=O) groups excluding carboxylic acids is 1. The molecule has 1 aromatic heterocycles. The van der Waals surface area contributed by atoms with Gasteiger partial charge in [-0.05, 0) is 39.1 Å². The van der Waals surface area contributed by atoms with Crippen molar-refractivity contribution in [3.8, 4) is 0 Å². The minimum Gasteiger partial charge on any atom is -0.459 e. The topological polar surface area (TPSA) is 58.0 Å². The van der Waals surface area contributed by atoms with Gasteiger partial charge in [-0.3, -0.25) is 9.69 Å². The summed E-state index contributed by atoms with van der Waals surface area (Å²) in [6.07, 6.45) is 3.72. The summed E-state index contributed by atoms with van der Waals surface area (Å²) in [4.78, 5) is 17.0. The van der Waals surface area contributed by atoms with Crippen LogP contribution in [0, 0.1) is 5.92 Å². The van der Waals surface area contributed by atoms with E-state index >= 15 is 0 Å². The Morgan fingerprint density at radius 2 is 2.13 bits per heavy atom. The van der Waals surface area contributed by atoms with Crippen LogP contribution in [0.5, 0.6) is 0 Å². The maximum Gasteiger partial charge on any atom is 0.287 e. The summed E-state index contributed by atoms with van der Waals surface area (Å²) in [5.41, 5.74) is 0. The molecule has 2 fully saturated rings. The van der Waals surface area contributed by atoms with Crippen LogP contribution in [0.4, 0.5) is 0 Å².